The van der Waals surface area contributed by atoms with E-state index in [1.165, 1.54) is 43.8 Å². The first kappa shape index (κ1) is 21.8. The highest BCUT2D eigenvalue weighted by Crippen LogP contribution is 2.56. The van der Waals surface area contributed by atoms with E-state index in [2.05, 4.69) is 89.1 Å². The van der Waals surface area contributed by atoms with Crippen molar-refractivity contribution >= 4 is 14.3 Å². The number of benzene rings is 1. The highest BCUT2D eigenvalue weighted by molar-refractivity contribution is 6.82. The van der Waals surface area contributed by atoms with E-state index < -0.39 is 8.24 Å². The molecule has 1 saturated heterocycles. The summed E-state index contributed by atoms with van der Waals surface area (Å²) in [5.41, 5.74) is 3.31. The number of rotatable bonds is 7. The summed E-state index contributed by atoms with van der Waals surface area (Å²) in [5.74, 6) is 0. The van der Waals surface area contributed by atoms with Gasteiger partial charge in [-0.3, -0.25) is 0 Å². The van der Waals surface area contributed by atoms with Crippen LogP contribution in [-0.4, -0.2) is 37.1 Å². The van der Waals surface area contributed by atoms with Crippen LogP contribution in [-0.2, 0) is 9.78 Å². The Labute approximate surface area is 174 Å². The second-order valence-corrected chi connectivity index (χ2v) is 15.5. The van der Waals surface area contributed by atoms with E-state index in [4.69, 9.17) is 4.74 Å². The Morgan fingerprint density at radius 3 is 2.36 bits per heavy atom. The van der Waals surface area contributed by atoms with Gasteiger partial charge in [0.05, 0.1) is 5.60 Å². The van der Waals surface area contributed by atoms with Crippen molar-refractivity contribution < 1.29 is 4.74 Å². The smallest absolute Gasteiger partial charge is 0.141 e. The van der Waals surface area contributed by atoms with E-state index >= 15 is 0 Å². The monoisotopic (exact) mass is 399 g/mol. The lowest BCUT2D eigenvalue weighted by Gasteiger charge is -2.67. The SMILES string of the molecule is CC(C)(C)OCCCCCC[Si]1(C)N(C(C)(C)C)CC12C=Cc1ccccc12. The molecule has 0 N–H and O–H groups in total. The molecule has 0 aromatic heterocycles. The third kappa shape index (κ3) is 4.03. The molecular formula is C25H41NOSi. The minimum absolute atomic E-state index is 0.00584. The molecule has 1 heterocycles. The van der Waals surface area contributed by atoms with Gasteiger partial charge < -0.3 is 9.30 Å². The molecule has 1 aromatic carbocycles. The Balaban J connectivity index is 1.63. The zero-order valence-electron chi connectivity index (χ0n) is 19.3. The molecule has 1 aromatic rings. The van der Waals surface area contributed by atoms with Gasteiger partial charge in [-0.25, -0.2) is 0 Å². The summed E-state index contributed by atoms with van der Waals surface area (Å²) in [5, 5.41) is 0.326. The number of hydrogen-bond donors (Lipinski definition) is 0. The van der Waals surface area contributed by atoms with Crippen molar-refractivity contribution in [3.8, 4) is 0 Å². The summed E-state index contributed by atoms with van der Waals surface area (Å²) in [7, 11) is -1.61. The molecule has 2 atom stereocenters. The summed E-state index contributed by atoms with van der Waals surface area (Å²) >= 11 is 0. The van der Waals surface area contributed by atoms with Crippen LogP contribution in [0.25, 0.3) is 6.08 Å². The van der Waals surface area contributed by atoms with Gasteiger partial charge >= 0.3 is 0 Å². The molecule has 0 bridgehead atoms. The maximum absolute atomic E-state index is 5.88. The Morgan fingerprint density at radius 1 is 1.00 bits per heavy atom. The van der Waals surface area contributed by atoms with E-state index in [0.717, 1.165) is 6.61 Å². The van der Waals surface area contributed by atoms with Gasteiger partial charge in [0.2, 0.25) is 0 Å². The Morgan fingerprint density at radius 2 is 1.68 bits per heavy atom. The standard InChI is InChI=1S/C25H41NOSi/c1-23(2,3)26-20-25(17-16-21-14-10-11-15-22(21)25)28(26,7)19-13-9-8-12-18-27-24(4,5)6/h10-11,14-17H,8-9,12-13,18-20H2,1-7H3. The first-order chi connectivity index (χ1) is 13.0. The van der Waals surface area contributed by atoms with Gasteiger partial charge in [0.1, 0.15) is 8.24 Å². The number of hydrogen-bond acceptors (Lipinski definition) is 2. The highest BCUT2D eigenvalue weighted by atomic mass is 28.3. The van der Waals surface area contributed by atoms with Gasteiger partial charge in [0.25, 0.3) is 0 Å². The Kier molecular flexibility index (Phi) is 6.02. The van der Waals surface area contributed by atoms with Crippen LogP contribution in [0.3, 0.4) is 0 Å². The van der Waals surface area contributed by atoms with Crippen molar-refractivity contribution in [2.45, 2.75) is 96.0 Å². The van der Waals surface area contributed by atoms with Crippen LogP contribution in [0.15, 0.2) is 30.3 Å². The Hall–Kier alpha value is -0.903. The summed E-state index contributed by atoms with van der Waals surface area (Å²) in [6.07, 6.45) is 10.1. The summed E-state index contributed by atoms with van der Waals surface area (Å²) in [6.45, 7) is 18.4. The number of fused-ring (bicyclic) bond motifs is 2. The lowest BCUT2D eigenvalue weighted by atomic mass is 9.96. The van der Waals surface area contributed by atoms with Gasteiger partial charge in [-0.1, -0.05) is 62.2 Å². The third-order valence-corrected chi connectivity index (χ3v) is 12.7. The average Bonchev–Trinajstić information content (AvgIpc) is 2.99. The van der Waals surface area contributed by atoms with Crippen LogP contribution in [0.2, 0.25) is 12.6 Å². The van der Waals surface area contributed by atoms with Gasteiger partial charge in [0.15, 0.2) is 0 Å². The summed E-state index contributed by atoms with van der Waals surface area (Å²) < 4.78 is 8.76. The van der Waals surface area contributed by atoms with Crippen molar-refractivity contribution in [1.29, 1.82) is 0 Å². The van der Waals surface area contributed by atoms with Crippen LogP contribution in [0.4, 0.5) is 0 Å². The van der Waals surface area contributed by atoms with Gasteiger partial charge in [-0.15, -0.1) is 0 Å². The number of unbranched alkanes of at least 4 members (excludes halogenated alkanes) is 3. The largest absolute Gasteiger partial charge is 0.376 e. The molecular weight excluding hydrogens is 358 g/mol. The molecule has 2 aliphatic rings. The molecule has 2 unspecified atom stereocenters. The van der Waals surface area contributed by atoms with E-state index in [0.29, 0.717) is 5.04 Å². The summed E-state index contributed by atoms with van der Waals surface area (Å²) in [4.78, 5) is 0. The lowest BCUT2D eigenvalue weighted by molar-refractivity contribution is -0.00471. The fraction of sp³-hybridized carbons (Fsp3) is 0.680. The van der Waals surface area contributed by atoms with Crippen LogP contribution in [0, 0.1) is 0 Å². The molecule has 0 amide bonds. The molecule has 1 aliphatic heterocycles. The Bertz CT molecular complexity index is 714. The van der Waals surface area contributed by atoms with Crippen molar-refractivity contribution in [3.63, 3.8) is 0 Å². The van der Waals surface area contributed by atoms with Crippen LogP contribution in [0.1, 0.15) is 78.4 Å². The van der Waals surface area contributed by atoms with E-state index in [9.17, 15) is 0 Å². The number of nitrogens with zero attached hydrogens (tertiary/aromatic N) is 1. The maximum atomic E-state index is 5.88. The molecule has 28 heavy (non-hydrogen) atoms. The van der Waals surface area contributed by atoms with Gasteiger partial charge in [0, 0.05) is 23.7 Å². The van der Waals surface area contributed by atoms with Crippen LogP contribution < -0.4 is 0 Å². The molecule has 0 radical (unpaired) electrons. The topological polar surface area (TPSA) is 12.5 Å². The molecule has 1 fully saturated rings. The minimum atomic E-state index is -1.61. The fourth-order valence-electron chi connectivity index (χ4n) is 5.36. The third-order valence-electron chi connectivity index (χ3n) is 6.86. The molecule has 0 saturated carbocycles. The predicted molar refractivity (Wildman–Crippen MR) is 124 cm³/mol. The molecule has 3 heteroatoms. The normalized spacial score (nSPS) is 27.2. The van der Waals surface area contributed by atoms with Crippen molar-refractivity contribution in [2.24, 2.45) is 0 Å². The molecule has 1 spiro atoms. The van der Waals surface area contributed by atoms with E-state index in [-0.39, 0.29) is 11.1 Å². The molecule has 156 valence electrons. The van der Waals surface area contributed by atoms with Crippen molar-refractivity contribution in [2.75, 3.05) is 13.2 Å². The number of ether oxygens (including phenoxy) is 1. The fourth-order valence-corrected chi connectivity index (χ4v) is 11.1. The quantitative estimate of drug-likeness (QED) is 0.380. The average molecular weight is 400 g/mol. The zero-order chi connectivity index (χ0) is 20.6. The molecule has 1 aliphatic carbocycles. The second-order valence-electron chi connectivity index (χ2n) is 11.0. The molecule has 2 nitrogen and oxygen atoms in total. The van der Waals surface area contributed by atoms with E-state index in [1.807, 2.05) is 0 Å². The molecule has 3 rings (SSSR count). The van der Waals surface area contributed by atoms with Crippen LogP contribution in [0.5, 0.6) is 0 Å². The second kappa shape index (κ2) is 7.74. The predicted octanol–water partition coefficient (Wildman–Crippen LogP) is 6.56. The van der Waals surface area contributed by atoms with Gasteiger partial charge in [-0.2, -0.15) is 0 Å². The van der Waals surface area contributed by atoms with Gasteiger partial charge in [-0.05, 0) is 65.1 Å². The minimum Gasteiger partial charge on any atom is -0.376 e. The summed E-state index contributed by atoms with van der Waals surface area (Å²) in [6, 6.07) is 10.5. The first-order valence-corrected chi connectivity index (χ1v) is 13.9. The van der Waals surface area contributed by atoms with Crippen molar-refractivity contribution in [3.05, 3.63) is 41.5 Å². The first-order valence-electron chi connectivity index (χ1n) is 11.2. The van der Waals surface area contributed by atoms with E-state index in [1.54, 1.807) is 5.56 Å². The van der Waals surface area contributed by atoms with Crippen molar-refractivity contribution in [1.82, 2.24) is 4.57 Å². The maximum Gasteiger partial charge on any atom is 0.141 e. The van der Waals surface area contributed by atoms with Crippen LogP contribution >= 0.6 is 0 Å². The highest BCUT2D eigenvalue weighted by Gasteiger charge is 2.65. The zero-order valence-corrected chi connectivity index (χ0v) is 20.3. The lowest BCUT2D eigenvalue weighted by Crippen LogP contribution is -2.82.